The van der Waals surface area contributed by atoms with E-state index in [0.717, 1.165) is 16.6 Å². The number of primary amides is 1. The molecular formula is C21H22N6O. The van der Waals surface area contributed by atoms with Gasteiger partial charge in [-0.1, -0.05) is 19.9 Å². The second-order valence-electron chi connectivity index (χ2n) is 7.00. The van der Waals surface area contributed by atoms with Crippen LogP contribution in [0.15, 0.2) is 48.8 Å². The van der Waals surface area contributed by atoms with Crippen LogP contribution >= 0.6 is 0 Å². The Kier molecular flexibility index (Phi) is 5.70. The van der Waals surface area contributed by atoms with Gasteiger partial charge in [0.25, 0.3) is 0 Å². The monoisotopic (exact) mass is 374 g/mol. The smallest absolute Gasteiger partial charge is 0.239 e. The third kappa shape index (κ3) is 4.54. The van der Waals surface area contributed by atoms with E-state index in [0.29, 0.717) is 23.7 Å². The lowest BCUT2D eigenvalue weighted by Crippen LogP contribution is -2.36. The first kappa shape index (κ1) is 19.1. The first-order chi connectivity index (χ1) is 13.5. The summed E-state index contributed by atoms with van der Waals surface area (Å²) in [6, 6.07) is 12.9. The van der Waals surface area contributed by atoms with Crippen molar-refractivity contribution in [3.05, 3.63) is 54.5 Å². The molecule has 4 N–H and O–H groups in total. The molecule has 0 radical (unpaired) electrons. The van der Waals surface area contributed by atoms with Crippen molar-refractivity contribution in [2.45, 2.75) is 26.3 Å². The SMILES string of the molecule is CC(C)CC(Nc1cnc(C#N)c(Nc2ccc3ncccc3c2)c1)C(N)=O. The molecule has 0 saturated heterocycles. The molecule has 0 bridgehead atoms. The number of aromatic nitrogens is 2. The Hall–Kier alpha value is -3.66. The van der Waals surface area contributed by atoms with Crippen molar-refractivity contribution in [3.63, 3.8) is 0 Å². The highest BCUT2D eigenvalue weighted by molar-refractivity contribution is 5.85. The Morgan fingerprint density at radius 2 is 2.04 bits per heavy atom. The van der Waals surface area contributed by atoms with Crippen molar-refractivity contribution >= 4 is 33.9 Å². The van der Waals surface area contributed by atoms with Crippen LogP contribution in [0.5, 0.6) is 0 Å². The molecule has 28 heavy (non-hydrogen) atoms. The molecule has 1 amide bonds. The zero-order valence-corrected chi connectivity index (χ0v) is 15.8. The molecule has 7 heteroatoms. The predicted molar refractivity (Wildman–Crippen MR) is 110 cm³/mol. The number of nitrogens with two attached hydrogens (primary N) is 1. The largest absolute Gasteiger partial charge is 0.372 e. The highest BCUT2D eigenvalue weighted by Crippen LogP contribution is 2.25. The molecule has 0 spiro atoms. The lowest BCUT2D eigenvalue weighted by molar-refractivity contribution is -0.119. The molecule has 7 nitrogen and oxygen atoms in total. The van der Waals surface area contributed by atoms with Crippen molar-refractivity contribution in [3.8, 4) is 6.07 Å². The first-order valence-corrected chi connectivity index (χ1v) is 9.04. The minimum atomic E-state index is -0.505. The van der Waals surface area contributed by atoms with E-state index in [1.807, 2.05) is 44.2 Å². The fourth-order valence-corrected chi connectivity index (χ4v) is 2.96. The van der Waals surface area contributed by atoms with Gasteiger partial charge < -0.3 is 16.4 Å². The normalized spacial score (nSPS) is 11.8. The summed E-state index contributed by atoms with van der Waals surface area (Å²) >= 11 is 0. The van der Waals surface area contributed by atoms with E-state index in [1.165, 1.54) is 6.20 Å². The predicted octanol–water partition coefficient (Wildman–Crippen LogP) is 3.56. The fraction of sp³-hybridized carbons (Fsp3) is 0.238. The summed E-state index contributed by atoms with van der Waals surface area (Å²) in [4.78, 5) is 20.2. The Balaban J connectivity index is 1.88. The van der Waals surface area contributed by atoms with Crippen molar-refractivity contribution in [2.24, 2.45) is 11.7 Å². The molecule has 0 aliphatic carbocycles. The minimum Gasteiger partial charge on any atom is -0.372 e. The number of anilines is 3. The van der Waals surface area contributed by atoms with Crippen LogP contribution in [0.1, 0.15) is 26.0 Å². The van der Waals surface area contributed by atoms with E-state index in [4.69, 9.17) is 5.73 Å². The zero-order chi connectivity index (χ0) is 20.1. The maximum atomic E-state index is 11.7. The molecule has 142 valence electrons. The molecule has 0 aliphatic heterocycles. The van der Waals surface area contributed by atoms with Crippen molar-refractivity contribution < 1.29 is 4.79 Å². The van der Waals surface area contributed by atoms with Gasteiger partial charge in [-0.2, -0.15) is 5.26 Å². The highest BCUT2D eigenvalue weighted by atomic mass is 16.1. The van der Waals surface area contributed by atoms with E-state index in [1.54, 1.807) is 12.3 Å². The van der Waals surface area contributed by atoms with E-state index < -0.39 is 11.9 Å². The van der Waals surface area contributed by atoms with Gasteiger partial charge in [0, 0.05) is 17.3 Å². The number of nitriles is 1. The van der Waals surface area contributed by atoms with Crippen molar-refractivity contribution in [1.82, 2.24) is 9.97 Å². The Bertz CT molecular complexity index is 1040. The fourth-order valence-electron chi connectivity index (χ4n) is 2.96. The second-order valence-corrected chi connectivity index (χ2v) is 7.00. The number of pyridine rings is 2. The van der Waals surface area contributed by atoms with Crippen molar-refractivity contribution in [2.75, 3.05) is 10.6 Å². The molecule has 2 heterocycles. The summed E-state index contributed by atoms with van der Waals surface area (Å²) < 4.78 is 0. The summed E-state index contributed by atoms with van der Waals surface area (Å²) in [5.41, 5.74) is 8.63. The molecule has 0 saturated carbocycles. The molecule has 1 atom stereocenters. The molecule has 0 fully saturated rings. The molecule has 3 rings (SSSR count). The van der Waals surface area contributed by atoms with Gasteiger partial charge >= 0.3 is 0 Å². The first-order valence-electron chi connectivity index (χ1n) is 9.04. The average Bonchev–Trinajstić information content (AvgIpc) is 2.67. The molecule has 0 aliphatic rings. The average molecular weight is 374 g/mol. The maximum absolute atomic E-state index is 11.7. The van der Waals surface area contributed by atoms with E-state index in [2.05, 4.69) is 26.7 Å². The van der Waals surface area contributed by atoms with E-state index in [-0.39, 0.29) is 5.69 Å². The Morgan fingerprint density at radius 3 is 2.75 bits per heavy atom. The number of nitrogens with one attached hydrogen (secondary N) is 2. The number of carbonyl (C=O) groups excluding carboxylic acids is 1. The lowest BCUT2D eigenvalue weighted by atomic mass is 10.0. The number of amides is 1. The van der Waals surface area contributed by atoms with Crippen LogP contribution in [0.3, 0.4) is 0 Å². The number of hydrogen-bond acceptors (Lipinski definition) is 6. The van der Waals surface area contributed by atoms with Gasteiger partial charge in [-0.15, -0.1) is 0 Å². The highest BCUT2D eigenvalue weighted by Gasteiger charge is 2.17. The maximum Gasteiger partial charge on any atom is 0.239 e. The van der Waals surface area contributed by atoms with Crippen LogP contribution in [-0.2, 0) is 4.79 Å². The van der Waals surface area contributed by atoms with Crippen LogP contribution in [0, 0.1) is 17.2 Å². The van der Waals surface area contributed by atoms with Crippen LogP contribution in [0.4, 0.5) is 17.1 Å². The van der Waals surface area contributed by atoms with Gasteiger partial charge in [0.05, 0.1) is 23.1 Å². The summed E-state index contributed by atoms with van der Waals surface area (Å²) in [5, 5.41) is 16.7. The summed E-state index contributed by atoms with van der Waals surface area (Å²) in [7, 11) is 0. The number of carbonyl (C=O) groups is 1. The number of nitrogens with zero attached hydrogens (tertiary/aromatic N) is 3. The van der Waals surface area contributed by atoms with Crippen LogP contribution in [0.2, 0.25) is 0 Å². The summed E-state index contributed by atoms with van der Waals surface area (Å²) in [6.45, 7) is 4.05. The van der Waals surface area contributed by atoms with E-state index in [9.17, 15) is 10.1 Å². The number of benzene rings is 1. The molecule has 3 aromatic rings. The summed E-state index contributed by atoms with van der Waals surface area (Å²) in [5.74, 6) is -0.116. The standard InChI is InChI=1S/C21H22N6O/c1-13(2)8-19(21(23)28)27-16-10-18(20(11-22)25-12-16)26-15-5-6-17-14(9-15)4-3-7-24-17/h3-7,9-10,12-13,19,26-27H,8H2,1-2H3,(H2,23,28). The number of rotatable bonds is 7. The Labute approximate surface area is 163 Å². The van der Waals surface area contributed by atoms with Gasteiger partial charge in [-0.25, -0.2) is 4.98 Å². The van der Waals surface area contributed by atoms with Gasteiger partial charge in [0.15, 0.2) is 5.69 Å². The quantitative estimate of drug-likeness (QED) is 0.582. The minimum absolute atomic E-state index is 0.260. The van der Waals surface area contributed by atoms with E-state index >= 15 is 0 Å². The molecule has 1 aromatic carbocycles. The molecular weight excluding hydrogens is 352 g/mol. The second kappa shape index (κ2) is 8.35. The van der Waals surface area contributed by atoms with Gasteiger partial charge in [0.2, 0.25) is 5.91 Å². The Morgan fingerprint density at radius 1 is 1.21 bits per heavy atom. The molecule has 2 aromatic heterocycles. The van der Waals surface area contributed by atoms with Crippen LogP contribution in [-0.4, -0.2) is 21.9 Å². The van der Waals surface area contributed by atoms with Crippen LogP contribution < -0.4 is 16.4 Å². The number of fused-ring (bicyclic) bond motifs is 1. The topological polar surface area (TPSA) is 117 Å². The third-order valence-electron chi connectivity index (χ3n) is 4.27. The van der Waals surface area contributed by atoms with Gasteiger partial charge in [-0.05, 0) is 42.7 Å². The van der Waals surface area contributed by atoms with Gasteiger partial charge in [-0.3, -0.25) is 9.78 Å². The summed E-state index contributed by atoms with van der Waals surface area (Å²) in [6.07, 6.45) is 3.88. The van der Waals surface area contributed by atoms with Crippen molar-refractivity contribution in [1.29, 1.82) is 5.26 Å². The zero-order valence-electron chi connectivity index (χ0n) is 15.8. The van der Waals surface area contributed by atoms with Gasteiger partial charge in [0.1, 0.15) is 12.1 Å². The lowest BCUT2D eigenvalue weighted by Gasteiger charge is -2.19. The third-order valence-corrected chi connectivity index (χ3v) is 4.27. The molecule has 1 unspecified atom stereocenters. The number of hydrogen-bond donors (Lipinski definition) is 3. The van der Waals surface area contributed by atoms with Crippen LogP contribution in [0.25, 0.3) is 10.9 Å².